The predicted molar refractivity (Wildman–Crippen MR) is 71.6 cm³/mol. The monoisotopic (exact) mass is 285 g/mol. The molecule has 6 heteroatoms. The van der Waals surface area contributed by atoms with Crippen LogP contribution in [0, 0.1) is 6.92 Å². The molecule has 1 atom stereocenters. The van der Waals surface area contributed by atoms with Gasteiger partial charge in [-0.05, 0) is 31.5 Å². The van der Waals surface area contributed by atoms with Crippen LogP contribution in [0.1, 0.15) is 22.8 Å². The molecule has 0 heterocycles. The SMILES string of the molecule is COCC(C)(NC(=O)c1cc(Cl)ccc1C)C(=O)O. The normalized spacial score (nSPS) is 13.7. The van der Waals surface area contributed by atoms with Gasteiger partial charge in [-0.2, -0.15) is 0 Å². The van der Waals surface area contributed by atoms with Crippen molar-refractivity contribution in [1.29, 1.82) is 0 Å². The number of carbonyl (C=O) groups excluding carboxylic acids is 1. The Morgan fingerprint density at radius 3 is 2.63 bits per heavy atom. The first-order valence-electron chi connectivity index (χ1n) is 5.61. The van der Waals surface area contributed by atoms with Crippen molar-refractivity contribution in [3.63, 3.8) is 0 Å². The Morgan fingerprint density at radius 1 is 1.47 bits per heavy atom. The van der Waals surface area contributed by atoms with E-state index < -0.39 is 17.4 Å². The highest BCUT2D eigenvalue weighted by Crippen LogP contribution is 2.16. The molecule has 0 radical (unpaired) electrons. The number of amides is 1. The fourth-order valence-corrected chi connectivity index (χ4v) is 1.77. The van der Waals surface area contributed by atoms with Crippen molar-refractivity contribution < 1.29 is 19.4 Å². The largest absolute Gasteiger partial charge is 0.479 e. The molecule has 0 aliphatic rings. The van der Waals surface area contributed by atoms with E-state index in [1.54, 1.807) is 19.1 Å². The summed E-state index contributed by atoms with van der Waals surface area (Å²) >= 11 is 5.83. The lowest BCUT2D eigenvalue weighted by molar-refractivity contribution is -0.145. The second kappa shape index (κ2) is 6.04. The summed E-state index contributed by atoms with van der Waals surface area (Å²) in [4.78, 5) is 23.3. The number of aliphatic carboxylic acids is 1. The molecule has 0 saturated carbocycles. The number of carbonyl (C=O) groups is 2. The number of ether oxygens (including phenoxy) is 1. The van der Waals surface area contributed by atoms with Crippen LogP contribution in [-0.4, -0.2) is 36.2 Å². The fourth-order valence-electron chi connectivity index (χ4n) is 1.60. The van der Waals surface area contributed by atoms with Gasteiger partial charge in [0, 0.05) is 17.7 Å². The molecule has 1 aromatic rings. The van der Waals surface area contributed by atoms with Crippen molar-refractivity contribution in [3.8, 4) is 0 Å². The number of aryl methyl sites for hydroxylation is 1. The van der Waals surface area contributed by atoms with Gasteiger partial charge in [0.25, 0.3) is 5.91 Å². The Kier molecular flexibility index (Phi) is 4.91. The highest BCUT2D eigenvalue weighted by molar-refractivity contribution is 6.31. The molecule has 0 aromatic heterocycles. The third kappa shape index (κ3) is 3.68. The summed E-state index contributed by atoms with van der Waals surface area (Å²) in [7, 11) is 1.37. The van der Waals surface area contributed by atoms with E-state index in [1.165, 1.54) is 20.1 Å². The van der Waals surface area contributed by atoms with Crippen molar-refractivity contribution in [3.05, 3.63) is 34.3 Å². The zero-order valence-electron chi connectivity index (χ0n) is 11.0. The van der Waals surface area contributed by atoms with Crippen molar-refractivity contribution in [1.82, 2.24) is 5.32 Å². The highest BCUT2D eigenvalue weighted by atomic mass is 35.5. The van der Waals surface area contributed by atoms with Crippen LogP contribution in [0.3, 0.4) is 0 Å². The zero-order valence-corrected chi connectivity index (χ0v) is 11.7. The second-order valence-corrected chi connectivity index (χ2v) is 4.92. The summed E-state index contributed by atoms with van der Waals surface area (Å²) in [5.41, 5.74) is -0.427. The predicted octanol–water partition coefficient (Wildman–Crippen LogP) is 1.87. The van der Waals surface area contributed by atoms with Gasteiger partial charge in [0.1, 0.15) is 0 Å². The maximum Gasteiger partial charge on any atom is 0.331 e. The van der Waals surface area contributed by atoms with Gasteiger partial charge in [0.15, 0.2) is 5.54 Å². The Labute approximate surface area is 116 Å². The van der Waals surface area contributed by atoms with Crippen LogP contribution < -0.4 is 5.32 Å². The summed E-state index contributed by atoms with van der Waals surface area (Å²) in [6.07, 6.45) is 0. The molecule has 0 spiro atoms. The van der Waals surface area contributed by atoms with Crippen molar-refractivity contribution in [2.75, 3.05) is 13.7 Å². The van der Waals surface area contributed by atoms with Crippen LogP contribution in [0.5, 0.6) is 0 Å². The van der Waals surface area contributed by atoms with Crippen molar-refractivity contribution in [2.45, 2.75) is 19.4 Å². The van der Waals surface area contributed by atoms with Gasteiger partial charge in [-0.25, -0.2) is 4.79 Å². The lowest BCUT2D eigenvalue weighted by Crippen LogP contribution is -2.55. The summed E-state index contributed by atoms with van der Waals surface area (Å²) < 4.78 is 4.84. The summed E-state index contributed by atoms with van der Waals surface area (Å²) in [6.45, 7) is 3.00. The van der Waals surface area contributed by atoms with Crippen LogP contribution in [0.25, 0.3) is 0 Å². The van der Waals surface area contributed by atoms with E-state index in [1.807, 2.05) is 0 Å². The third-order valence-electron chi connectivity index (χ3n) is 2.74. The third-order valence-corrected chi connectivity index (χ3v) is 2.97. The Morgan fingerprint density at radius 2 is 2.11 bits per heavy atom. The molecular weight excluding hydrogens is 270 g/mol. The molecule has 5 nitrogen and oxygen atoms in total. The van der Waals surface area contributed by atoms with Gasteiger partial charge in [-0.3, -0.25) is 4.79 Å². The standard InChI is InChI=1S/C13H16ClNO4/c1-8-4-5-9(14)6-10(8)11(16)15-13(2,7-19-3)12(17)18/h4-6H,7H2,1-3H3,(H,15,16)(H,17,18). The molecule has 1 rings (SSSR count). The quantitative estimate of drug-likeness (QED) is 0.866. The smallest absolute Gasteiger partial charge is 0.331 e. The number of halogens is 1. The van der Waals surface area contributed by atoms with E-state index in [-0.39, 0.29) is 6.61 Å². The number of carboxylic acids is 1. The Bertz CT molecular complexity index is 503. The van der Waals surface area contributed by atoms with Gasteiger partial charge >= 0.3 is 5.97 Å². The van der Waals surface area contributed by atoms with E-state index >= 15 is 0 Å². The molecular formula is C13H16ClNO4. The highest BCUT2D eigenvalue weighted by Gasteiger charge is 2.35. The molecule has 1 amide bonds. The number of nitrogens with one attached hydrogen (secondary N) is 1. The molecule has 2 N–H and O–H groups in total. The minimum atomic E-state index is -1.49. The Balaban J connectivity index is 3.00. The number of hydrogen-bond donors (Lipinski definition) is 2. The number of rotatable bonds is 5. The maximum absolute atomic E-state index is 12.1. The molecule has 0 fully saturated rings. The number of hydrogen-bond acceptors (Lipinski definition) is 3. The maximum atomic E-state index is 12.1. The molecule has 0 aliphatic heterocycles. The van der Waals surface area contributed by atoms with E-state index in [2.05, 4.69) is 5.32 Å². The minimum Gasteiger partial charge on any atom is -0.479 e. The topological polar surface area (TPSA) is 75.6 Å². The second-order valence-electron chi connectivity index (χ2n) is 4.48. The van der Waals surface area contributed by atoms with Gasteiger partial charge in [-0.1, -0.05) is 17.7 Å². The molecule has 104 valence electrons. The summed E-state index contributed by atoms with van der Waals surface area (Å²) in [5, 5.41) is 12.0. The first-order valence-corrected chi connectivity index (χ1v) is 5.99. The average molecular weight is 286 g/mol. The van der Waals surface area contributed by atoms with Crippen molar-refractivity contribution >= 4 is 23.5 Å². The molecule has 0 bridgehead atoms. The molecule has 1 unspecified atom stereocenters. The zero-order chi connectivity index (χ0) is 14.6. The van der Waals surface area contributed by atoms with Crippen LogP contribution in [0.4, 0.5) is 0 Å². The minimum absolute atomic E-state index is 0.131. The number of methoxy groups -OCH3 is 1. The molecule has 0 saturated heterocycles. The van der Waals surface area contributed by atoms with Gasteiger partial charge in [-0.15, -0.1) is 0 Å². The molecule has 1 aromatic carbocycles. The van der Waals surface area contributed by atoms with E-state index in [4.69, 9.17) is 21.4 Å². The van der Waals surface area contributed by atoms with E-state index in [0.29, 0.717) is 16.1 Å². The van der Waals surface area contributed by atoms with Crippen LogP contribution >= 0.6 is 11.6 Å². The van der Waals surface area contributed by atoms with Crippen LogP contribution in [-0.2, 0) is 9.53 Å². The van der Waals surface area contributed by atoms with Gasteiger partial charge in [0.2, 0.25) is 0 Å². The molecule has 19 heavy (non-hydrogen) atoms. The summed E-state index contributed by atoms with van der Waals surface area (Å²) in [5.74, 6) is -1.66. The first-order chi connectivity index (χ1) is 8.80. The van der Waals surface area contributed by atoms with Crippen LogP contribution in [0.15, 0.2) is 18.2 Å². The lowest BCUT2D eigenvalue weighted by atomic mass is 10.0. The van der Waals surface area contributed by atoms with E-state index in [0.717, 1.165) is 0 Å². The lowest BCUT2D eigenvalue weighted by Gasteiger charge is -2.25. The van der Waals surface area contributed by atoms with E-state index in [9.17, 15) is 9.59 Å². The average Bonchev–Trinajstić information content (AvgIpc) is 2.32. The van der Waals surface area contributed by atoms with Gasteiger partial charge in [0.05, 0.1) is 6.61 Å². The van der Waals surface area contributed by atoms with Gasteiger partial charge < -0.3 is 15.2 Å². The molecule has 0 aliphatic carbocycles. The van der Waals surface area contributed by atoms with Crippen molar-refractivity contribution in [2.24, 2.45) is 0 Å². The number of carboxylic acid groups (broad SMARTS) is 1. The number of benzene rings is 1. The first kappa shape index (κ1) is 15.5. The Hall–Kier alpha value is -1.59. The summed E-state index contributed by atoms with van der Waals surface area (Å²) in [6, 6.07) is 4.87. The fraction of sp³-hybridized carbons (Fsp3) is 0.385. The van der Waals surface area contributed by atoms with Crippen LogP contribution in [0.2, 0.25) is 5.02 Å².